The van der Waals surface area contributed by atoms with Gasteiger partial charge < -0.3 is 0 Å². The molecule has 1 aromatic carbocycles. The van der Waals surface area contributed by atoms with E-state index in [2.05, 4.69) is 13.7 Å². The molecule has 8 heteroatoms. The van der Waals surface area contributed by atoms with Gasteiger partial charge in [0, 0.05) is 25.5 Å². The van der Waals surface area contributed by atoms with Crippen molar-refractivity contribution < 1.29 is 8.42 Å². The van der Waals surface area contributed by atoms with Gasteiger partial charge in [-0.2, -0.15) is 13.0 Å². The Balaban J connectivity index is 2.03. The Kier molecular flexibility index (Phi) is 4.38. The van der Waals surface area contributed by atoms with Crippen LogP contribution >= 0.6 is 0 Å². The first-order valence-electron chi connectivity index (χ1n) is 7.15. The van der Waals surface area contributed by atoms with Crippen molar-refractivity contribution >= 4 is 32.8 Å². The summed E-state index contributed by atoms with van der Waals surface area (Å²) >= 11 is 1.01. The molecular formula is C15H16N4O2S2. The maximum Gasteiger partial charge on any atom is 0.245 e. The molecule has 0 saturated heterocycles. The summed E-state index contributed by atoms with van der Waals surface area (Å²) in [4.78, 5) is 4.18. The van der Waals surface area contributed by atoms with Crippen LogP contribution in [0.15, 0.2) is 56.3 Å². The maximum absolute atomic E-state index is 13.1. The monoisotopic (exact) mass is 348 g/mol. The van der Waals surface area contributed by atoms with Crippen molar-refractivity contribution in [1.82, 2.24) is 9.29 Å². The summed E-state index contributed by atoms with van der Waals surface area (Å²) < 4.78 is 35.8. The van der Waals surface area contributed by atoms with Gasteiger partial charge in [0.25, 0.3) is 0 Å². The summed E-state index contributed by atoms with van der Waals surface area (Å²) in [7, 11) is -2.08. The minimum atomic E-state index is -3.68. The summed E-state index contributed by atoms with van der Waals surface area (Å²) in [5.41, 5.74) is 1.94. The number of aromatic nitrogens is 1. The van der Waals surface area contributed by atoms with E-state index < -0.39 is 10.0 Å². The Hall–Kier alpha value is -1.90. The number of fused-ring (bicyclic) bond motifs is 1. The Labute approximate surface area is 139 Å². The number of benzene rings is 1. The molecule has 3 rings (SSSR count). The second-order valence-corrected chi connectivity index (χ2v) is 7.61. The van der Waals surface area contributed by atoms with Crippen LogP contribution in [-0.4, -0.2) is 24.8 Å². The highest BCUT2D eigenvalue weighted by atomic mass is 32.2. The molecule has 1 aliphatic rings. The SMILES string of the molecule is CC[C@H](c1ccncc1)N(C)S(=O)(=O)c1cccc2c1N=S=N2. The minimum Gasteiger partial charge on any atom is -0.265 e. The van der Waals surface area contributed by atoms with Crippen molar-refractivity contribution in [3.8, 4) is 0 Å². The molecule has 0 saturated carbocycles. The number of hydrogen-bond acceptors (Lipinski definition) is 5. The second kappa shape index (κ2) is 6.31. The van der Waals surface area contributed by atoms with Crippen molar-refractivity contribution in [3.05, 3.63) is 48.3 Å². The highest BCUT2D eigenvalue weighted by Gasteiger charge is 2.31. The van der Waals surface area contributed by atoms with Crippen LogP contribution in [0.3, 0.4) is 0 Å². The Bertz CT molecular complexity index is 891. The molecule has 1 atom stereocenters. The average molecular weight is 348 g/mol. The first kappa shape index (κ1) is 16.0. The largest absolute Gasteiger partial charge is 0.265 e. The van der Waals surface area contributed by atoms with Gasteiger partial charge in [-0.05, 0) is 36.2 Å². The van der Waals surface area contributed by atoms with Gasteiger partial charge in [-0.15, -0.1) is 0 Å². The lowest BCUT2D eigenvalue weighted by Crippen LogP contribution is -2.31. The van der Waals surface area contributed by atoms with Crippen molar-refractivity contribution in [2.45, 2.75) is 24.3 Å². The minimum absolute atomic E-state index is 0.193. The Morgan fingerprint density at radius 1 is 1.17 bits per heavy atom. The first-order chi connectivity index (χ1) is 11.1. The van der Waals surface area contributed by atoms with E-state index in [0.717, 1.165) is 16.9 Å². The van der Waals surface area contributed by atoms with Gasteiger partial charge in [0.05, 0.1) is 11.4 Å². The molecule has 0 aliphatic carbocycles. The predicted octanol–water partition coefficient (Wildman–Crippen LogP) is 3.58. The lowest BCUT2D eigenvalue weighted by Gasteiger charge is -2.27. The van der Waals surface area contributed by atoms with E-state index in [0.29, 0.717) is 17.8 Å². The fraction of sp³-hybridized carbons (Fsp3) is 0.267. The average Bonchev–Trinajstić information content (AvgIpc) is 3.04. The third-order valence-electron chi connectivity index (χ3n) is 3.82. The van der Waals surface area contributed by atoms with E-state index in [1.807, 2.05) is 19.1 Å². The highest BCUT2D eigenvalue weighted by molar-refractivity contribution is 7.89. The molecule has 0 spiro atoms. The van der Waals surface area contributed by atoms with Gasteiger partial charge in [-0.3, -0.25) is 4.98 Å². The summed E-state index contributed by atoms with van der Waals surface area (Å²) in [6.07, 6.45) is 4.00. The van der Waals surface area contributed by atoms with E-state index in [4.69, 9.17) is 0 Å². The molecule has 0 bridgehead atoms. The van der Waals surface area contributed by atoms with Gasteiger partial charge in [-0.25, -0.2) is 8.42 Å². The van der Waals surface area contributed by atoms with Crippen LogP contribution in [0.1, 0.15) is 24.9 Å². The first-order valence-corrected chi connectivity index (χ1v) is 9.32. The van der Waals surface area contributed by atoms with E-state index in [9.17, 15) is 8.42 Å². The van der Waals surface area contributed by atoms with Crippen molar-refractivity contribution in [1.29, 1.82) is 0 Å². The smallest absolute Gasteiger partial charge is 0.245 e. The molecule has 23 heavy (non-hydrogen) atoms. The lowest BCUT2D eigenvalue weighted by atomic mass is 10.1. The molecule has 1 aromatic heterocycles. The standard InChI is InChI=1S/C15H16N4O2S2/c1-3-13(11-7-9-16-10-8-11)19(2)23(20,21)14-6-4-5-12-15(14)18-22-17-12/h4-10,13H,3H2,1-2H3/t13-/m1/s1. The molecular weight excluding hydrogens is 332 g/mol. The summed E-state index contributed by atoms with van der Waals surface area (Å²) in [5.74, 6) is 0. The molecule has 0 N–H and O–H groups in total. The summed E-state index contributed by atoms with van der Waals surface area (Å²) in [6.45, 7) is 1.96. The molecule has 0 amide bonds. The highest BCUT2D eigenvalue weighted by Crippen LogP contribution is 2.40. The van der Waals surface area contributed by atoms with Gasteiger partial charge >= 0.3 is 0 Å². The number of pyridine rings is 1. The van der Waals surface area contributed by atoms with Gasteiger partial charge in [0.1, 0.15) is 16.3 Å². The van der Waals surface area contributed by atoms with Gasteiger partial charge in [0.15, 0.2) is 0 Å². The van der Waals surface area contributed by atoms with Crippen LogP contribution in [0.25, 0.3) is 0 Å². The molecule has 0 radical (unpaired) electrons. The topological polar surface area (TPSA) is 75.0 Å². The molecule has 6 nitrogen and oxygen atoms in total. The van der Waals surface area contributed by atoms with E-state index in [1.165, 1.54) is 4.31 Å². The zero-order valence-electron chi connectivity index (χ0n) is 12.7. The third kappa shape index (κ3) is 2.85. The number of rotatable bonds is 5. The summed E-state index contributed by atoms with van der Waals surface area (Å²) in [5, 5.41) is 0. The number of nitrogens with zero attached hydrogens (tertiary/aromatic N) is 4. The van der Waals surface area contributed by atoms with Crippen LogP contribution in [0.5, 0.6) is 0 Å². The Morgan fingerprint density at radius 2 is 1.91 bits per heavy atom. The molecule has 0 fully saturated rings. The van der Waals surface area contributed by atoms with Crippen LogP contribution < -0.4 is 0 Å². The van der Waals surface area contributed by atoms with Gasteiger partial charge in [-0.1, -0.05) is 13.0 Å². The maximum atomic E-state index is 13.1. The van der Waals surface area contributed by atoms with Crippen LogP contribution in [0.2, 0.25) is 0 Å². The molecule has 2 aromatic rings. The molecule has 1 aliphatic heterocycles. The lowest BCUT2D eigenvalue weighted by molar-refractivity contribution is 0.367. The quantitative estimate of drug-likeness (QED) is 0.707. The van der Waals surface area contributed by atoms with Crippen molar-refractivity contribution in [2.24, 2.45) is 8.73 Å². The summed E-state index contributed by atoms with van der Waals surface area (Å²) in [6, 6.07) is 8.45. The van der Waals surface area contributed by atoms with Crippen molar-refractivity contribution in [2.75, 3.05) is 7.05 Å². The number of hydrogen-bond donors (Lipinski definition) is 0. The van der Waals surface area contributed by atoms with E-state index >= 15 is 0 Å². The van der Waals surface area contributed by atoms with Crippen molar-refractivity contribution in [3.63, 3.8) is 0 Å². The number of sulfonamides is 1. The zero-order valence-corrected chi connectivity index (χ0v) is 14.4. The van der Waals surface area contributed by atoms with E-state index in [1.54, 1.807) is 37.6 Å². The molecule has 120 valence electrons. The second-order valence-electron chi connectivity index (χ2n) is 5.11. The van der Waals surface area contributed by atoms with Crippen LogP contribution in [0.4, 0.5) is 11.4 Å². The molecule has 2 heterocycles. The van der Waals surface area contributed by atoms with E-state index in [-0.39, 0.29) is 10.9 Å². The normalized spacial score (nSPS) is 14.6. The fourth-order valence-electron chi connectivity index (χ4n) is 2.60. The predicted molar refractivity (Wildman–Crippen MR) is 90.2 cm³/mol. The Morgan fingerprint density at radius 3 is 2.61 bits per heavy atom. The zero-order chi connectivity index (χ0) is 16.4. The fourth-order valence-corrected chi connectivity index (χ4v) is 4.77. The molecule has 0 unspecified atom stereocenters. The van der Waals surface area contributed by atoms with Gasteiger partial charge in [0.2, 0.25) is 10.0 Å². The van der Waals surface area contributed by atoms with Crippen LogP contribution in [0, 0.1) is 0 Å². The van der Waals surface area contributed by atoms with Crippen LogP contribution in [-0.2, 0) is 21.4 Å². The third-order valence-corrected chi connectivity index (χ3v) is 6.26.